The summed E-state index contributed by atoms with van der Waals surface area (Å²) in [6.45, 7) is 3.11. The van der Waals surface area contributed by atoms with Crippen LogP contribution in [0.15, 0.2) is 40.9 Å². The Morgan fingerprint density at radius 2 is 2.16 bits per heavy atom. The van der Waals surface area contributed by atoms with Crippen molar-refractivity contribution >= 4 is 26.7 Å². The number of hydrogen-bond donors (Lipinski definition) is 1. The fraction of sp³-hybridized carbons (Fsp3) is 0.333. The Morgan fingerprint density at radius 3 is 3.00 bits per heavy atom. The molecule has 1 fully saturated rings. The van der Waals surface area contributed by atoms with E-state index in [-0.39, 0.29) is 6.10 Å². The van der Waals surface area contributed by atoms with Crippen molar-refractivity contribution in [2.45, 2.75) is 6.10 Å². The molecule has 1 atom stereocenters. The molecule has 1 N–H and O–H groups in total. The first-order valence-corrected chi connectivity index (χ1v) is 7.26. The van der Waals surface area contributed by atoms with E-state index >= 15 is 0 Å². The summed E-state index contributed by atoms with van der Waals surface area (Å²) in [5, 5.41) is 5.67. The van der Waals surface area contributed by atoms with Gasteiger partial charge in [0.15, 0.2) is 0 Å². The van der Waals surface area contributed by atoms with Gasteiger partial charge in [-0.2, -0.15) is 0 Å². The van der Waals surface area contributed by atoms with Crippen molar-refractivity contribution in [2.24, 2.45) is 0 Å². The van der Waals surface area contributed by atoms with Crippen LogP contribution in [0.3, 0.4) is 0 Å². The molecular weight excluding hydrogens is 306 g/mol. The lowest BCUT2D eigenvalue weighted by atomic mass is 10.1. The monoisotopic (exact) mass is 321 g/mol. The molecule has 1 saturated heterocycles. The van der Waals surface area contributed by atoms with Gasteiger partial charge in [0.2, 0.25) is 0 Å². The lowest BCUT2D eigenvalue weighted by Crippen LogP contribution is -2.41. The van der Waals surface area contributed by atoms with Crippen molar-refractivity contribution in [3.8, 4) is 5.75 Å². The van der Waals surface area contributed by atoms with E-state index in [1.165, 1.54) is 10.8 Å². The summed E-state index contributed by atoms with van der Waals surface area (Å²) < 4.78 is 12.5. The van der Waals surface area contributed by atoms with Gasteiger partial charge in [0.1, 0.15) is 18.5 Å². The molecule has 0 aromatic heterocycles. The van der Waals surface area contributed by atoms with Gasteiger partial charge in [0, 0.05) is 13.1 Å². The van der Waals surface area contributed by atoms with Gasteiger partial charge in [0.05, 0.1) is 11.1 Å². The van der Waals surface area contributed by atoms with E-state index in [1.807, 2.05) is 18.2 Å². The van der Waals surface area contributed by atoms with E-state index in [9.17, 15) is 0 Å². The molecule has 4 heteroatoms. The minimum atomic E-state index is 0.132. The maximum Gasteiger partial charge on any atom is 0.134 e. The average molecular weight is 322 g/mol. The van der Waals surface area contributed by atoms with Crippen molar-refractivity contribution < 1.29 is 9.47 Å². The van der Waals surface area contributed by atoms with Crippen LogP contribution in [0.5, 0.6) is 5.75 Å². The number of hydrogen-bond acceptors (Lipinski definition) is 3. The van der Waals surface area contributed by atoms with Crippen LogP contribution in [-0.4, -0.2) is 32.4 Å². The Bertz CT molecular complexity index is 567. The predicted molar refractivity (Wildman–Crippen MR) is 79.8 cm³/mol. The van der Waals surface area contributed by atoms with E-state index in [0.717, 1.165) is 29.9 Å². The summed E-state index contributed by atoms with van der Waals surface area (Å²) in [5.74, 6) is 0.868. The van der Waals surface area contributed by atoms with Crippen LogP contribution in [0, 0.1) is 0 Å². The SMILES string of the molecule is Brc1c(OCC2CNCCO2)ccc2ccccc12. The van der Waals surface area contributed by atoms with E-state index < -0.39 is 0 Å². The van der Waals surface area contributed by atoms with Gasteiger partial charge in [-0.15, -0.1) is 0 Å². The average Bonchev–Trinajstić information content (AvgIpc) is 2.48. The van der Waals surface area contributed by atoms with Crippen LogP contribution in [0.4, 0.5) is 0 Å². The van der Waals surface area contributed by atoms with Crippen LogP contribution in [-0.2, 0) is 4.74 Å². The first-order chi connectivity index (χ1) is 9.34. The summed E-state index contributed by atoms with van der Waals surface area (Å²) in [4.78, 5) is 0. The van der Waals surface area contributed by atoms with Gasteiger partial charge < -0.3 is 14.8 Å². The Morgan fingerprint density at radius 1 is 1.26 bits per heavy atom. The van der Waals surface area contributed by atoms with Crippen molar-refractivity contribution in [1.82, 2.24) is 5.32 Å². The van der Waals surface area contributed by atoms with Crippen LogP contribution in [0.1, 0.15) is 0 Å². The van der Waals surface area contributed by atoms with Crippen molar-refractivity contribution in [3.63, 3.8) is 0 Å². The number of benzene rings is 2. The van der Waals surface area contributed by atoms with Crippen LogP contribution in [0.2, 0.25) is 0 Å². The Balaban J connectivity index is 1.75. The maximum atomic E-state index is 5.87. The molecule has 1 heterocycles. The fourth-order valence-corrected chi connectivity index (χ4v) is 2.84. The molecule has 1 aliphatic rings. The second kappa shape index (κ2) is 5.90. The third-order valence-corrected chi connectivity index (χ3v) is 4.07. The number of nitrogens with one attached hydrogen (secondary N) is 1. The maximum absolute atomic E-state index is 5.87. The normalized spacial score (nSPS) is 19.5. The lowest BCUT2D eigenvalue weighted by molar-refractivity contribution is 0.0000761. The zero-order valence-electron chi connectivity index (χ0n) is 10.6. The number of halogens is 1. The molecule has 3 nitrogen and oxygen atoms in total. The van der Waals surface area contributed by atoms with Crippen LogP contribution in [0.25, 0.3) is 10.8 Å². The molecule has 0 amide bonds. The standard InChI is InChI=1S/C15H16BrNO2/c16-15-13-4-2-1-3-11(13)5-6-14(15)19-10-12-9-17-7-8-18-12/h1-6,12,17H,7-10H2. The number of rotatable bonds is 3. The summed E-state index contributed by atoms with van der Waals surface area (Å²) in [6, 6.07) is 12.3. The highest BCUT2D eigenvalue weighted by molar-refractivity contribution is 9.10. The van der Waals surface area contributed by atoms with Crippen molar-refractivity contribution in [2.75, 3.05) is 26.3 Å². The first-order valence-electron chi connectivity index (χ1n) is 6.47. The van der Waals surface area contributed by atoms with Gasteiger partial charge in [-0.1, -0.05) is 30.3 Å². The Hall–Kier alpha value is -1.10. The first kappa shape index (κ1) is 12.9. The van der Waals surface area contributed by atoms with Gasteiger partial charge in [0.25, 0.3) is 0 Å². The van der Waals surface area contributed by atoms with Crippen LogP contribution >= 0.6 is 15.9 Å². The van der Waals surface area contributed by atoms with Crippen molar-refractivity contribution in [3.05, 3.63) is 40.9 Å². The lowest BCUT2D eigenvalue weighted by Gasteiger charge is -2.24. The molecule has 100 valence electrons. The zero-order chi connectivity index (χ0) is 13.1. The highest BCUT2D eigenvalue weighted by atomic mass is 79.9. The minimum absolute atomic E-state index is 0.132. The largest absolute Gasteiger partial charge is 0.490 e. The van der Waals surface area contributed by atoms with Crippen molar-refractivity contribution in [1.29, 1.82) is 0 Å². The Labute approximate surface area is 121 Å². The summed E-state index contributed by atoms with van der Waals surface area (Å²) in [7, 11) is 0. The number of fused-ring (bicyclic) bond motifs is 1. The van der Waals surface area contributed by atoms with Gasteiger partial charge >= 0.3 is 0 Å². The minimum Gasteiger partial charge on any atom is -0.490 e. The Kier molecular flexibility index (Phi) is 4.01. The van der Waals surface area contributed by atoms with Gasteiger partial charge in [-0.3, -0.25) is 0 Å². The highest BCUT2D eigenvalue weighted by Crippen LogP contribution is 2.33. The van der Waals surface area contributed by atoms with Crippen LogP contribution < -0.4 is 10.1 Å². The smallest absolute Gasteiger partial charge is 0.134 e. The van der Waals surface area contributed by atoms with E-state index in [0.29, 0.717) is 6.61 Å². The third-order valence-electron chi connectivity index (χ3n) is 3.26. The number of ether oxygens (including phenoxy) is 2. The predicted octanol–water partition coefficient (Wildman–Crippen LogP) is 2.97. The van der Waals surface area contributed by atoms with E-state index in [2.05, 4.69) is 39.4 Å². The number of morpholine rings is 1. The van der Waals surface area contributed by atoms with E-state index in [1.54, 1.807) is 0 Å². The molecule has 0 spiro atoms. The topological polar surface area (TPSA) is 30.5 Å². The highest BCUT2D eigenvalue weighted by Gasteiger charge is 2.15. The summed E-state index contributed by atoms with van der Waals surface area (Å²) in [5.41, 5.74) is 0. The molecule has 1 aliphatic heterocycles. The second-order valence-corrected chi connectivity index (χ2v) is 5.40. The molecule has 2 aromatic rings. The quantitative estimate of drug-likeness (QED) is 0.942. The summed E-state index contributed by atoms with van der Waals surface area (Å²) >= 11 is 3.63. The molecule has 0 aliphatic carbocycles. The fourth-order valence-electron chi connectivity index (χ4n) is 2.23. The molecule has 0 bridgehead atoms. The molecule has 0 radical (unpaired) electrons. The molecular formula is C15H16BrNO2. The second-order valence-electron chi connectivity index (χ2n) is 4.61. The summed E-state index contributed by atoms with van der Waals surface area (Å²) in [6.07, 6.45) is 0.132. The molecule has 1 unspecified atom stereocenters. The molecule has 0 saturated carbocycles. The molecule has 2 aromatic carbocycles. The molecule has 19 heavy (non-hydrogen) atoms. The molecule has 3 rings (SSSR count). The zero-order valence-corrected chi connectivity index (χ0v) is 12.2. The van der Waals surface area contributed by atoms with Gasteiger partial charge in [-0.25, -0.2) is 0 Å². The van der Waals surface area contributed by atoms with E-state index in [4.69, 9.17) is 9.47 Å². The third kappa shape index (κ3) is 2.91. The van der Waals surface area contributed by atoms with Gasteiger partial charge in [-0.05, 0) is 32.8 Å².